The number of ether oxygens (including phenoxy) is 2. The number of benzene rings is 2. The second kappa shape index (κ2) is 10.8. The molecule has 6 heteroatoms. The number of carbonyl (C=O) groups is 2. The minimum Gasteiger partial charge on any atom is -0.493 e. The Bertz CT molecular complexity index is 882. The summed E-state index contributed by atoms with van der Waals surface area (Å²) in [6.45, 7) is 6.17. The average Bonchev–Trinajstić information content (AvgIpc) is 2.81. The van der Waals surface area contributed by atoms with E-state index in [1.165, 1.54) is 0 Å². The molecular weight excluding hydrogens is 392 g/mol. The van der Waals surface area contributed by atoms with Crippen molar-refractivity contribution in [1.29, 1.82) is 0 Å². The maximum atomic E-state index is 13.1. The van der Waals surface area contributed by atoms with Crippen molar-refractivity contribution in [3.63, 3.8) is 0 Å². The number of likely N-dealkylation sites (tertiary alicyclic amines) is 1. The van der Waals surface area contributed by atoms with Gasteiger partial charge in [0.25, 0.3) is 5.91 Å². The summed E-state index contributed by atoms with van der Waals surface area (Å²) in [6, 6.07) is 15.2. The van der Waals surface area contributed by atoms with Crippen molar-refractivity contribution in [3.05, 3.63) is 59.7 Å². The Balaban J connectivity index is 1.62. The first-order chi connectivity index (χ1) is 15.0. The zero-order valence-corrected chi connectivity index (χ0v) is 18.6. The third kappa shape index (κ3) is 6.23. The van der Waals surface area contributed by atoms with Gasteiger partial charge in [-0.15, -0.1) is 0 Å². The fraction of sp³-hybridized carbons (Fsp3) is 0.440. The summed E-state index contributed by atoms with van der Waals surface area (Å²) in [4.78, 5) is 26.8. The van der Waals surface area contributed by atoms with E-state index in [1.54, 1.807) is 25.3 Å². The van der Waals surface area contributed by atoms with Gasteiger partial charge in [0.05, 0.1) is 7.11 Å². The minimum absolute atomic E-state index is 0.0206. The number of nitrogens with one attached hydrogen (secondary N) is 1. The fourth-order valence-corrected chi connectivity index (χ4v) is 3.70. The number of hydrogen-bond donors (Lipinski definition) is 1. The molecule has 1 atom stereocenters. The van der Waals surface area contributed by atoms with Crippen molar-refractivity contribution < 1.29 is 19.1 Å². The number of carbonyl (C=O) groups excluding carboxylic acids is 2. The summed E-state index contributed by atoms with van der Waals surface area (Å²) in [7, 11) is 1.58. The molecule has 1 aliphatic heterocycles. The predicted octanol–water partition coefficient (Wildman–Crippen LogP) is 3.90. The molecule has 166 valence electrons. The van der Waals surface area contributed by atoms with Crippen LogP contribution >= 0.6 is 0 Å². The van der Waals surface area contributed by atoms with E-state index < -0.39 is 0 Å². The number of methoxy groups -OCH3 is 1. The van der Waals surface area contributed by atoms with Gasteiger partial charge in [-0.2, -0.15) is 0 Å². The monoisotopic (exact) mass is 424 g/mol. The highest BCUT2D eigenvalue weighted by Gasteiger charge is 2.25. The van der Waals surface area contributed by atoms with Gasteiger partial charge in [0.15, 0.2) is 11.5 Å². The van der Waals surface area contributed by atoms with Crippen molar-refractivity contribution in [3.8, 4) is 11.5 Å². The molecule has 0 aliphatic carbocycles. The fourth-order valence-electron chi connectivity index (χ4n) is 3.70. The van der Waals surface area contributed by atoms with Crippen molar-refractivity contribution in [2.45, 2.75) is 33.3 Å². The van der Waals surface area contributed by atoms with Gasteiger partial charge < -0.3 is 19.7 Å². The zero-order chi connectivity index (χ0) is 22.2. The van der Waals surface area contributed by atoms with Crippen LogP contribution in [0.15, 0.2) is 48.5 Å². The van der Waals surface area contributed by atoms with Gasteiger partial charge in [-0.25, -0.2) is 0 Å². The molecule has 1 aliphatic rings. The standard InChI is InChI=1S/C25H32N2O4/c1-18(2)24(28)26-15-20-10-7-13-27(16-20)25(29)21-11-12-22(23(14-21)30-3)31-17-19-8-5-4-6-9-19/h4-6,8-9,11-12,14,18,20H,7,10,13,15-17H2,1-3H3,(H,26,28). The SMILES string of the molecule is COc1cc(C(=O)N2CCCC(CNC(=O)C(C)C)C2)ccc1OCc1ccccc1. The van der Waals surface area contributed by atoms with Crippen molar-refractivity contribution >= 4 is 11.8 Å². The Morgan fingerprint density at radius 2 is 1.90 bits per heavy atom. The molecule has 0 bridgehead atoms. The lowest BCUT2D eigenvalue weighted by molar-refractivity contribution is -0.124. The molecule has 0 radical (unpaired) electrons. The highest BCUT2D eigenvalue weighted by molar-refractivity contribution is 5.95. The molecule has 6 nitrogen and oxygen atoms in total. The van der Waals surface area contributed by atoms with E-state index in [0.717, 1.165) is 24.9 Å². The van der Waals surface area contributed by atoms with Crippen LogP contribution in [0.25, 0.3) is 0 Å². The van der Waals surface area contributed by atoms with E-state index in [2.05, 4.69) is 5.32 Å². The molecule has 1 unspecified atom stereocenters. The van der Waals surface area contributed by atoms with E-state index >= 15 is 0 Å². The maximum Gasteiger partial charge on any atom is 0.254 e. The normalized spacial score (nSPS) is 16.1. The van der Waals surface area contributed by atoms with Crippen LogP contribution < -0.4 is 14.8 Å². The molecule has 2 amide bonds. The van der Waals surface area contributed by atoms with Gasteiger partial charge in [0.2, 0.25) is 5.91 Å². The summed E-state index contributed by atoms with van der Waals surface area (Å²) in [5.41, 5.74) is 1.64. The molecule has 31 heavy (non-hydrogen) atoms. The number of piperidine rings is 1. The molecule has 1 fully saturated rings. The number of amides is 2. The Kier molecular flexibility index (Phi) is 7.93. The smallest absolute Gasteiger partial charge is 0.254 e. The third-order valence-corrected chi connectivity index (χ3v) is 5.54. The third-order valence-electron chi connectivity index (χ3n) is 5.54. The van der Waals surface area contributed by atoms with Crippen LogP contribution in [0.5, 0.6) is 11.5 Å². The Hall–Kier alpha value is -3.02. The molecule has 0 saturated carbocycles. The summed E-state index contributed by atoms with van der Waals surface area (Å²) in [6.07, 6.45) is 1.95. The Morgan fingerprint density at radius 3 is 2.61 bits per heavy atom. The molecule has 1 saturated heterocycles. The molecular formula is C25H32N2O4. The van der Waals surface area contributed by atoms with Gasteiger partial charge in [-0.3, -0.25) is 9.59 Å². The summed E-state index contributed by atoms with van der Waals surface area (Å²) in [5.74, 6) is 1.43. The molecule has 3 rings (SSSR count). The highest BCUT2D eigenvalue weighted by Crippen LogP contribution is 2.30. The topological polar surface area (TPSA) is 67.9 Å². The lowest BCUT2D eigenvalue weighted by atomic mass is 9.97. The van der Waals surface area contributed by atoms with Gasteiger partial charge >= 0.3 is 0 Å². The first-order valence-corrected chi connectivity index (χ1v) is 10.9. The van der Waals surface area contributed by atoms with Crippen molar-refractivity contribution in [2.24, 2.45) is 11.8 Å². The quantitative estimate of drug-likeness (QED) is 0.698. The van der Waals surface area contributed by atoms with Crippen LogP contribution in [0, 0.1) is 11.8 Å². The van der Waals surface area contributed by atoms with E-state index in [0.29, 0.717) is 36.8 Å². The van der Waals surface area contributed by atoms with Crippen LogP contribution in [0.1, 0.15) is 42.6 Å². The second-order valence-electron chi connectivity index (χ2n) is 8.30. The van der Waals surface area contributed by atoms with Gasteiger partial charge in [-0.05, 0) is 42.5 Å². The molecule has 1 heterocycles. The number of rotatable bonds is 8. The van der Waals surface area contributed by atoms with E-state index in [4.69, 9.17) is 9.47 Å². The van der Waals surface area contributed by atoms with Gasteiger partial charge in [-0.1, -0.05) is 44.2 Å². The van der Waals surface area contributed by atoms with E-state index in [1.807, 2.05) is 49.1 Å². The zero-order valence-electron chi connectivity index (χ0n) is 18.6. The molecule has 1 N–H and O–H groups in total. The summed E-state index contributed by atoms with van der Waals surface area (Å²) < 4.78 is 11.4. The highest BCUT2D eigenvalue weighted by atomic mass is 16.5. The van der Waals surface area contributed by atoms with Crippen LogP contribution in [-0.4, -0.2) is 43.5 Å². The van der Waals surface area contributed by atoms with Crippen LogP contribution in [0.2, 0.25) is 0 Å². The number of nitrogens with zero attached hydrogens (tertiary/aromatic N) is 1. The van der Waals surface area contributed by atoms with Crippen LogP contribution in [0.3, 0.4) is 0 Å². The Labute approximate surface area is 184 Å². The van der Waals surface area contributed by atoms with Gasteiger partial charge in [0.1, 0.15) is 6.61 Å². The maximum absolute atomic E-state index is 13.1. The van der Waals surface area contributed by atoms with Crippen LogP contribution in [0.4, 0.5) is 0 Å². The lowest BCUT2D eigenvalue weighted by Crippen LogP contribution is -2.44. The van der Waals surface area contributed by atoms with E-state index in [-0.39, 0.29) is 23.7 Å². The number of hydrogen-bond acceptors (Lipinski definition) is 4. The first kappa shape index (κ1) is 22.7. The average molecular weight is 425 g/mol. The Morgan fingerprint density at radius 1 is 1.13 bits per heavy atom. The summed E-state index contributed by atoms with van der Waals surface area (Å²) in [5, 5.41) is 2.99. The molecule has 0 aromatic heterocycles. The van der Waals surface area contributed by atoms with E-state index in [9.17, 15) is 9.59 Å². The molecule has 2 aromatic carbocycles. The van der Waals surface area contributed by atoms with Crippen molar-refractivity contribution in [1.82, 2.24) is 10.2 Å². The van der Waals surface area contributed by atoms with Gasteiger partial charge in [0, 0.05) is 31.1 Å². The first-order valence-electron chi connectivity index (χ1n) is 10.9. The van der Waals surface area contributed by atoms with Crippen molar-refractivity contribution in [2.75, 3.05) is 26.7 Å². The predicted molar refractivity (Wildman–Crippen MR) is 120 cm³/mol. The second-order valence-corrected chi connectivity index (χ2v) is 8.30. The molecule has 0 spiro atoms. The lowest BCUT2D eigenvalue weighted by Gasteiger charge is -2.33. The minimum atomic E-state index is -0.0311. The van der Waals surface area contributed by atoms with Crippen LogP contribution in [-0.2, 0) is 11.4 Å². The molecule has 2 aromatic rings. The largest absolute Gasteiger partial charge is 0.493 e. The summed E-state index contributed by atoms with van der Waals surface area (Å²) >= 11 is 0.